The molecule has 0 atom stereocenters. The fourth-order valence-corrected chi connectivity index (χ4v) is 22.6. The van der Waals surface area contributed by atoms with E-state index in [2.05, 4.69) is 516 Å². The largest absolute Gasteiger partial charge is 0.309 e. The summed E-state index contributed by atoms with van der Waals surface area (Å²) >= 11 is 0. The van der Waals surface area contributed by atoms with E-state index in [4.69, 9.17) is 0 Å². The normalized spacial score (nSPS) is 13.0. The summed E-state index contributed by atoms with van der Waals surface area (Å²) in [6.45, 7) is 9.44. The number of hydrogen-bond acceptors (Lipinski definition) is 0. The van der Waals surface area contributed by atoms with Gasteiger partial charge in [-0.15, -0.1) is 0 Å². The summed E-state index contributed by atoms with van der Waals surface area (Å²) in [4.78, 5) is 0. The molecule has 20 aromatic carbocycles. The lowest BCUT2D eigenvalue weighted by Gasteiger charge is -2.21. The maximum atomic E-state index is 2.47. The Bertz CT molecular complexity index is 9150. The first kappa shape index (κ1) is 76.4. The van der Waals surface area contributed by atoms with Crippen molar-refractivity contribution in [3.63, 3.8) is 0 Å². The molecular weight excluding hydrogens is 1600 g/mol. The minimum absolute atomic E-state index is 0.0153. The van der Waals surface area contributed by atoms with Crippen LogP contribution in [0.1, 0.15) is 49.9 Å². The lowest BCUT2D eigenvalue weighted by atomic mass is 9.82. The summed E-state index contributed by atoms with van der Waals surface area (Å²) in [7, 11) is 0. The second-order valence-electron chi connectivity index (χ2n) is 36.6. The topological polar surface area (TPSA) is 29.6 Å². The Morgan fingerprint density at radius 2 is 0.379 bits per heavy atom. The van der Waals surface area contributed by atoms with E-state index < -0.39 is 0 Å². The van der Waals surface area contributed by atoms with Crippen LogP contribution in [-0.4, -0.2) is 27.4 Å². The molecular formula is C126H88N6. The number of rotatable bonds is 9. The highest BCUT2D eigenvalue weighted by molar-refractivity contribution is 6.29. The summed E-state index contributed by atoms with van der Waals surface area (Å²) in [5, 5.41) is 15.3. The molecule has 2 aliphatic carbocycles. The molecule has 6 heterocycles. The maximum absolute atomic E-state index is 2.47. The van der Waals surface area contributed by atoms with Crippen LogP contribution in [0.25, 0.3) is 221 Å². The average molecular weight is 1690 g/mol. The first-order valence-corrected chi connectivity index (χ1v) is 45.9. The second kappa shape index (κ2) is 29.9. The molecule has 0 spiro atoms. The molecule has 0 saturated carbocycles. The zero-order valence-corrected chi connectivity index (χ0v) is 73.6. The van der Waals surface area contributed by atoms with Crippen molar-refractivity contribution in [3.05, 3.63) is 483 Å². The molecule has 0 radical (unpaired) electrons. The van der Waals surface area contributed by atoms with Gasteiger partial charge in [-0.25, -0.2) is 0 Å². The van der Waals surface area contributed by atoms with Crippen molar-refractivity contribution < 1.29 is 0 Å². The van der Waals surface area contributed by atoms with Gasteiger partial charge in [0.25, 0.3) is 0 Å². The summed E-state index contributed by atoms with van der Waals surface area (Å²) in [5.41, 5.74) is 40.1. The number of benzene rings is 20. The molecule has 0 bridgehead atoms. The van der Waals surface area contributed by atoms with Gasteiger partial charge < -0.3 is 27.4 Å². The van der Waals surface area contributed by atoms with E-state index in [0.29, 0.717) is 0 Å². The van der Waals surface area contributed by atoms with E-state index in [-0.39, 0.29) is 10.8 Å². The van der Waals surface area contributed by atoms with Gasteiger partial charge in [0.15, 0.2) is 0 Å². The fourth-order valence-electron chi connectivity index (χ4n) is 22.6. The molecule has 0 amide bonds. The minimum Gasteiger partial charge on any atom is -0.309 e. The van der Waals surface area contributed by atoms with Gasteiger partial charge in [0.1, 0.15) is 0 Å². The predicted molar refractivity (Wildman–Crippen MR) is 557 cm³/mol. The molecule has 26 aromatic rings. The van der Waals surface area contributed by atoms with Crippen LogP contribution in [0, 0.1) is 0 Å². The molecule has 0 fully saturated rings. The Hall–Kier alpha value is -16.8. The first-order chi connectivity index (χ1) is 65.0. The number of fused-ring (bicyclic) bond motifs is 25. The zero-order valence-electron chi connectivity index (χ0n) is 73.6. The zero-order chi connectivity index (χ0) is 87.6. The molecule has 6 heteroatoms. The Morgan fingerprint density at radius 1 is 0.136 bits per heavy atom. The third-order valence-corrected chi connectivity index (χ3v) is 28.7. The second-order valence-corrected chi connectivity index (χ2v) is 36.6. The first-order valence-electron chi connectivity index (χ1n) is 45.9. The smallest absolute Gasteiger partial charge is 0.0548 e. The van der Waals surface area contributed by atoms with Crippen LogP contribution < -0.4 is 0 Å². The van der Waals surface area contributed by atoms with E-state index in [1.165, 1.54) is 237 Å². The van der Waals surface area contributed by atoms with E-state index in [0.717, 1.165) is 5.69 Å². The minimum atomic E-state index is -0.0852. The fraction of sp³-hybridized carbons (Fsp3) is 0.0476. The quantitative estimate of drug-likeness (QED) is 0.138. The van der Waals surface area contributed by atoms with Crippen molar-refractivity contribution in [2.45, 2.75) is 38.5 Å². The Balaban J connectivity index is 0.000000106. The highest BCUT2D eigenvalue weighted by atomic mass is 15.0. The summed E-state index contributed by atoms with van der Waals surface area (Å²) in [6.07, 6.45) is 0. The summed E-state index contributed by atoms with van der Waals surface area (Å²) < 4.78 is 14.5. The molecule has 622 valence electrons. The van der Waals surface area contributed by atoms with Crippen LogP contribution in [0.2, 0.25) is 0 Å². The van der Waals surface area contributed by atoms with Gasteiger partial charge in [0.2, 0.25) is 0 Å². The van der Waals surface area contributed by atoms with Crippen LogP contribution in [0.4, 0.5) is 0 Å². The number of para-hydroxylation sites is 8. The van der Waals surface area contributed by atoms with Crippen molar-refractivity contribution in [2.24, 2.45) is 0 Å². The lowest BCUT2D eigenvalue weighted by molar-refractivity contribution is 0.661. The van der Waals surface area contributed by atoms with Gasteiger partial charge in [0, 0.05) is 110 Å². The van der Waals surface area contributed by atoms with Crippen molar-refractivity contribution in [2.75, 3.05) is 0 Å². The van der Waals surface area contributed by atoms with Gasteiger partial charge in [-0.1, -0.05) is 319 Å². The number of nitrogens with zero attached hydrogens (tertiary/aromatic N) is 6. The van der Waals surface area contributed by atoms with Crippen molar-refractivity contribution >= 4 is 131 Å². The van der Waals surface area contributed by atoms with Gasteiger partial charge >= 0.3 is 0 Å². The third kappa shape index (κ3) is 11.8. The van der Waals surface area contributed by atoms with Crippen molar-refractivity contribution in [1.82, 2.24) is 27.4 Å². The Morgan fingerprint density at radius 3 is 0.780 bits per heavy atom. The van der Waals surface area contributed by atoms with Crippen molar-refractivity contribution in [1.29, 1.82) is 0 Å². The Labute approximate surface area is 764 Å². The highest BCUT2D eigenvalue weighted by Gasteiger charge is 2.38. The molecule has 6 aromatic heterocycles. The van der Waals surface area contributed by atoms with Gasteiger partial charge in [-0.3, -0.25) is 0 Å². The van der Waals surface area contributed by atoms with Gasteiger partial charge in [-0.2, -0.15) is 0 Å². The molecule has 2 aliphatic rings. The molecule has 0 N–H and O–H groups in total. The Kier molecular flexibility index (Phi) is 17.3. The molecule has 6 nitrogen and oxygen atoms in total. The maximum Gasteiger partial charge on any atom is 0.0548 e. The SMILES string of the molecule is CC1(C)c2ccccc2-c2cc3c4cc(-c5ccc6c(c5)c5ccccc5n6-c5ccccc5)ccc4n(-c4ccc(-c5ccccc5)cc4)c3cc21.CC1(C)c2ccccc2-c2cc3c4ccccc4n(-c4ccc(-c5ccccc5)cc4)c3cc21.c1ccc(-n2c3ccccc3c3cc(-n4c5ccccc5c5c6c7ccccc7n(-c7ccccc7)c6ccc54)ccc32)cc1. The van der Waals surface area contributed by atoms with Gasteiger partial charge in [0.05, 0.1) is 66.2 Å². The lowest BCUT2D eigenvalue weighted by Crippen LogP contribution is -2.14. The average Bonchev–Trinajstić information content (AvgIpc) is 1.64. The standard InChI is InChI=1S/C51H36N2.C42H27N3.C33H25N/c1-51(2)45-19-11-9-17-39(45)41-31-44-43-30-36(35-23-27-48-42(29-35)40-18-10-12-20-47(40)52(48)37-15-7-4-8-16-37)24-28-49(43)53(50(44)32-46(41)51)38-25-21-34(22-26-38)33-13-5-3-6-14-33;1-3-13-28(14-4-1)43-35-20-10-7-17-31(35)34-27-30(23-24-38(34)43)45-37-22-12-9-19-33(37)42-40(45)26-25-39-41(42)32-18-8-11-21-36(32)44(39)29-15-5-2-6-16-29;1-33(2)29-14-8-6-12-25(29)27-20-28-26-13-7-9-15-31(26)34(32(28)21-30(27)33)24-18-16-23(17-19-24)22-10-4-3-5-11-22/h3-32H,1-2H3;1-27H;3-21H,1-2H3. The van der Waals surface area contributed by atoms with E-state index >= 15 is 0 Å². The summed E-state index contributed by atoms with van der Waals surface area (Å²) in [6, 6.07) is 168. The van der Waals surface area contributed by atoms with Gasteiger partial charge in [-0.05, 0) is 248 Å². The number of hydrogen-bond donors (Lipinski definition) is 0. The van der Waals surface area contributed by atoms with E-state index in [9.17, 15) is 0 Å². The third-order valence-electron chi connectivity index (χ3n) is 28.7. The highest BCUT2D eigenvalue weighted by Crippen LogP contribution is 2.54. The summed E-state index contributed by atoms with van der Waals surface area (Å²) in [5.74, 6) is 0. The van der Waals surface area contributed by atoms with E-state index in [1.54, 1.807) is 0 Å². The predicted octanol–water partition coefficient (Wildman–Crippen LogP) is 33.3. The monoisotopic (exact) mass is 1680 g/mol. The molecule has 28 rings (SSSR count). The molecule has 0 aliphatic heterocycles. The van der Waals surface area contributed by atoms with Crippen LogP contribution >= 0.6 is 0 Å². The van der Waals surface area contributed by atoms with Crippen LogP contribution in [-0.2, 0) is 10.8 Å². The molecule has 0 unspecified atom stereocenters. The van der Waals surface area contributed by atoms with Crippen LogP contribution in [0.5, 0.6) is 0 Å². The van der Waals surface area contributed by atoms with E-state index in [1.807, 2.05) is 0 Å². The van der Waals surface area contributed by atoms with Crippen molar-refractivity contribution in [3.8, 4) is 89.8 Å². The molecule has 132 heavy (non-hydrogen) atoms. The molecule has 0 saturated heterocycles. The van der Waals surface area contributed by atoms with Crippen LogP contribution in [0.3, 0.4) is 0 Å². The number of aromatic nitrogens is 6. The van der Waals surface area contributed by atoms with Crippen LogP contribution in [0.15, 0.2) is 461 Å².